The molecule has 2 N–H and O–H groups in total. The minimum Gasteiger partial charge on any atom is -0.481 e. The average Bonchev–Trinajstić information content (AvgIpc) is 2.94. The minimum absolute atomic E-state index is 0.0540. The summed E-state index contributed by atoms with van der Waals surface area (Å²) in [6.07, 6.45) is 3.35. The predicted octanol–water partition coefficient (Wildman–Crippen LogP) is 2.12. The van der Waals surface area contributed by atoms with Gasteiger partial charge in [0.1, 0.15) is 0 Å². The molecule has 0 bridgehead atoms. The second kappa shape index (κ2) is 6.86. The standard InChI is InChI=1S/C19H24N2O4/c1-2-13-4-6-15(7-5-13)21-12-14(10-16(21)22)18(25)20-19(8-3-9-19)11-17(23)24/h4-7,14H,2-3,8-12H2,1H3,(H,20,25)(H,23,24). The quantitative estimate of drug-likeness (QED) is 0.827. The molecule has 3 rings (SSSR count). The molecule has 25 heavy (non-hydrogen) atoms. The topological polar surface area (TPSA) is 86.7 Å². The number of hydrogen-bond acceptors (Lipinski definition) is 3. The molecule has 1 aromatic rings. The SMILES string of the molecule is CCc1ccc(N2CC(C(=O)NC3(CC(=O)O)CCC3)CC2=O)cc1. The fourth-order valence-electron chi connectivity index (χ4n) is 3.65. The lowest BCUT2D eigenvalue weighted by molar-refractivity contribution is -0.141. The highest BCUT2D eigenvalue weighted by Gasteiger charge is 2.43. The van der Waals surface area contributed by atoms with Crippen molar-refractivity contribution in [1.82, 2.24) is 5.32 Å². The minimum atomic E-state index is -0.903. The van der Waals surface area contributed by atoms with Crippen molar-refractivity contribution < 1.29 is 19.5 Å². The summed E-state index contributed by atoms with van der Waals surface area (Å²) in [5.74, 6) is -1.60. The van der Waals surface area contributed by atoms with Crippen LogP contribution in [0, 0.1) is 5.92 Å². The highest BCUT2D eigenvalue weighted by molar-refractivity contribution is 6.00. The van der Waals surface area contributed by atoms with Gasteiger partial charge in [-0.05, 0) is 43.4 Å². The van der Waals surface area contributed by atoms with Gasteiger partial charge in [-0.15, -0.1) is 0 Å². The largest absolute Gasteiger partial charge is 0.481 e. The van der Waals surface area contributed by atoms with Crippen LogP contribution in [0.1, 0.15) is 44.6 Å². The van der Waals surface area contributed by atoms with Gasteiger partial charge in [-0.1, -0.05) is 19.1 Å². The van der Waals surface area contributed by atoms with Crippen molar-refractivity contribution in [3.63, 3.8) is 0 Å². The molecule has 1 unspecified atom stereocenters. The van der Waals surface area contributed by atoms with Crippen LogP contribution in [0.2, 0.25) is 0 Å². The number of carbonyl (C=O) groups is 3. The molecule has 1 atom stereocenters. The zero-order valence-corrected chi connectivity index (χ0v) is 14.5. The van der Waals surface area contributed by atoms with Gasteiger partial charge in [0.05, 0.1) is 17.9 Å². The number of benzene rings is 1. The lowest BCUT2D eigenvalue weighted by Gasteiger charge is -2.42. The molecule has 1 aromatic carbocycles. The van der Waals surface area contributed by atoms with E-state index in [2.05, 4.69) is 12.2 Å². The van der Waals surface area contributed by atoms with Gasteiger partial charge in [0.25, 0.3) is 0 Å². The third kappa shape index (κ3) is 3.67. The first-order chi connectivity index (χ1) is 11.9. The third-order valence-corrected chi connectivity index (χ3v) is 5.34. The normalized spacial score (nSPS) is 21.7. The van der Waals surface area contributed by atoms with Gasteiger partial charge in [-0.2, -0.15) is 0 Å². The monoisotopic (exact) mass is 344 g/mol. The molecule has 1 aliphatic carbocycles. The maximum absolute atomic E-state index is 12.6. The van der Waals surface area contributed by atoms with E-state index in [1.165, 1.54) is 5.56 Å². The third-order valence-electron chi connectivity index (χ3n) is 5.34. The molecule has 1 aliphatic heterocycles. The van der Waals surface area contributed by atoms with Gasteiger partial charge in [-0.3, -0.25) is 14.4 Å². The Morgan fingerprint density at radius 2 is 1.96 bits per heavy atom. The molecule has 0 aromatic heterocycles. The fraction of sp³-hybridized carbons (Fsp3) is 0.526. The van der Waals surface area contributed by atoms with Gasteiger partial charge >= 0.3 is 5.97 Å². The summed E-state index contributed by atoms with van der Waals surface area (Å²) < 4.78 is 0. The first kappa shape index (κ1) is 17.5. The summed E-state index contributed by atoms with van der Waals surface area (Å²) in [5, 5.41) is 12.0. The van der Waals surface area contributed by atoms with E-state index in [0.29, 0.717) is 19.4 Å². The number of anilines is 1. The highest BCUT2D eigenvalue weighted by atomic mass is 16.4. The van der Waals surface area contributed by atoms with Crippen LogP contribution in [0.4, 0.5) is 5.69 Å². The van der Waals surface area contributed by atoms with Crippen molar-refractivity contribution in [3.8, 4) is 0 Å². The number of carboxylic acid groups (broad SMARTS) is 1. The van der Waals surface area contributed by atoms with Crippen molar-refractivity contribution >= 4 is 23.5 Å². The highest BCUT2D eigenvalue weighted by Crippen LogP contribution is 2.36. The predicted molar refractivity (Wildman–Crippen MR) is 93.3 cm³/mol. The number of nitrogens with one attached hydrogen (secondary N) is 1. The van der Waals surface area contributed by atoms with E-state index in [0.717, 1.165) is 18.5 Å². The van der Waals surface area contributed by atoms with Crippen molar-refractivity contribution in [2.24, 2.45) is 5.92 Å². The molecule has 6 nitrogen and oxygen atoms in total. The van der Waals surface area contributed by atoms with Gasteiger partial charge in [-0.25, -0.2) is 0 Å². The molecule has 2 amide bonds. The van der Waals surface area contributed by atoms with E-state index in [1.807, 2.05) is 24.3 Å². The van der Waals surface area contributed by atoms with E-state index in [4.69, 9.17) is 5.11 Å². The first-order valence-electron chi connectivity index (χ1n) is 8.85. The zero-order valence-electron chi connectivity index (χ0n) is 14.5. The van der Waals surface area contributed by atoms with Crippen molar-refractivity contribution in [3.05, 3.63) is 29.8 Å². The number of nitrogens with zero attached hydrogens (tertiary/aromatic N) is 1. The number of carboxylic acids is 1. The molecule has 1 heterocycles. The molecular formula is C19H24N2O4. The van der Waals surface area contributed by atoms with Crippen LogP contribution in [-0.4, -0.2) is 35.0 Å². The molecule has 0 radical (unpaired) electrons. The van der Waals surface area contributed by atoms with Crippen molar-refractivity contribution in [2.45, 2.75) is 51.0 Å². The Kier molecular flexibility index (Phi) is 4.79. The summed E-state index contributed by atoms with van der Waals surface area (Å²) in [4.78, 5) is 37.6. The Hall–Kier alpha value is -2.37. The van der Waals surface area contributed by atoms with E-state index < -0.39 is 17.4 Å². The summed E-state index contributed by atoms with van der Waals surface area (Å²) in [6.45, 7) is 2.42. The van der Waals surface area contributed by atoms with Gasteiger partial charge in [0.2, 0.25) is 11.8 Å². The van der Waals surface area contributed by atoms with E-state index in [1.54, 1.807) is 4.90 Å². The number of amides is 2. The van der Waals surface area contributed by atoms with Crippen LogP contribution in [-0.2, 0) is 20.8 Å². The fourth-order valence-corrected chi connectivity index (χ4v) is 3.65. The van der Waals surface area contributed by atoms with Crippen LogP contribution in [0.15, 0.2) is 24.3 Å². The molecule has 1 saturated carbocycles. The number of aryl methyl sites for hydroxylation is 1. The molecular weight excluding hydrogens is 320 g/mol. The van der Waals surface area contributed by atoms with Crippen LogP contribution >= 0.6 is 0 Å². The Morgan fingerprint density at radius 1 is 1.28 bits per heavy atom. The Bertz CT molecular complexity index is 679. The molecule has 6 heteroatoms. The lowest BCUT2D eigenvalue weighted by Crippen LogP contribution is -2.56. The Balaban J connectivity index is 1.65. The number of hydrogen-bond donors (Lipinski definition) is 2. The van der Waals surface area contributed by atoms with Gasteiger partial charge in [0.15, 0.2) is 0 Å². The maximum atomic E-state index is 12.6. The molecule has 2 aliphatic rings. The smallest absolute Gasteiger partial charge is 0.305 e. The van der Waals surface area contributed by atoms with Crippen LogP contribution < -0.4 is 10.2 Å². The van der Waals surface area contributed by atoms with Crippen LogP contribution in [0.3, 0.4) is 0 Å². The number of aliphatic carboxylic acids is 1. The Morgan fingerprint density at radius 3 is 2.48 bits per heavy atom. The molecule has 134 valence electrons. The van der Waals surface area contributed by atoms with E-state index in [-0.39, 0.29) is 24.7 Å². The molecule has 2 fully saturated rings. The molecule has 1 saturated heterocycles. The van der Waals surface area contributed by atoms with Crippen molar-refractivity contribution in [2.75, 3.05) is 11.4 Å². The average molecular weight is 344 g/mol. The van der Waals surface area contributed by atoms with Crippen molar-refractivity contribution in [1.29, 1.82) is 0 Å². The summed E-state index contributed by atoms with van der Waals surface area (Å²) >= 11 is 0. The van der Waals surface area contributed by atoms with Crippen LogP contribution in [0.25, 0.3) is 0 Å². The summed E-state index contributed by atoms with van der Waals surface area (Å²) in [5.41, 5.74) is 1.38. The van der Waals surface area contributed by atoms with E-state index >= 15 is 0 Å². The van der Waals surface area contributed by atoms with Gasteiger partial charge < -0.3 is 15.3 Å². The zero-order chi connectivity index (χ0) is 18.0. The van der Waals surface area contributed by atoms with Crippen LogP contribution in [0.5, 0.6) is 0 Å². The van der Waals surface area contributed by atoms with Gasteiger partial charge in [0, 0.05) is 18.7 Å². The lowest BCUT2D eigenvalue weighted by atomic mass is 9.74. The number of carbonyl (C=O) groups excluding carboxylic acids is 2. The maximum Gasteiger partial charge on any atom is 0.305 e. The molecule has 0 spiro atoms. The number of rotatable bonds is 6. The second-order valence-electron chi connectivity index (χ2n) is 7.12. The second-order valence-corrected chi connectivity index (χ2v) is 7.12. The summed E-state index contributed by atoms with van der Waals surface area (Å²) in [7, 11) is 0. The summed E-state index contributed by atoms with van der Waals surface area (Å²) in [6, 6.07) is 7.81. The Labute approximate surface area is 147 Å². The van der Waals surface area contributed by atoms with E-state index in [9.17, 15) is 14.4 Å². The first-order valence-corrected chi connectivity index (χ1v) is 8.85.